The average Bonchev–Trinajstić information content (AvgIpc) is 2.43. The van der Waals surface area contributed by atoms with E-state index in [0.29, 0.717) is 0 Å². The van der Waals surface area contributed by atoms with E-state index in [1.165, 1.54) is 5.56 Å². The average molecular weight is 334 g/mol. The maximum atomic E-state index is 5.93. The third kappa shape index (κ3) is 3.81. The van der Waals surface area contributed by atoms with Crippen LogP contribution in [0.15, 0.2) is 40.9 Å². The molecule has 0 unspecified atom stereocenters. The molecule has 1 aromatic heterocycles. The molecule has 0 spiro atoms. The second-order valence-electron chi connectivity index (χ2n) is 4.89. The normalized spacial score (nSPS) is 11.0. The van der Waals surface area contributed by atoms with Gasteiger partial charge in [-0.15, -0.1) is 0 Å². The molecule has 0 fully saturated rings. The Hall–Kier alpha value is -1.39. The number of hydrogen-bond donors (Lipinski definition) is 1. The number of nitrogen functional groups attached to an aromatic ring is 1. The number of aryl methyl sites for hydroxylation is 1. The number of nitrogens with two attached hydrogens (primary N) is 1. The summed E-state index contributed by atoms with van der Waals surface area (Å²) >= 11 is 3.57. The molecule has 3 nitrogen and oxygen atoms in total. The molecule has 0 aliphatic carbocycles. The van der Waals surface area contributed by atoms with Crippen LogP contribution in [0.2, 0.25) is 0 Å². The Labute approximate surface area is 129 Å². The minimum absolute atomic E-state index is 0.784. The van der Waals surface area contributed by atoms with Crippen LogP contribution >= 0.6 is 15.9 Å². The molecular weight excluding hydrogens is 314 g/mol. The van der Waals surface area contributed by atoms with E-state index in [4.69, 9.17) is 5.73 Å². The Balaban J connectivity index is 2.11. The van der Waals surface area contributed by atoms with E-state index in [1.807, 2.05) is 25.1 Å². The van der Waals surface area contributed by atoms with Gasteiger partial charge in [0.15, 0.2) is 0 Å². The highest BCUT2D eigenvalue weighted by Gasteiger charge is 2.09. The summed E-state index contributed by atoms with van der Waals surface area (Å²) in [6.07, 6.45) is 0. The van der Waals surface area contributed by atoms with Crippen LogP contribution in [-0.4, -0.2) is 16.4 Å². The van der Waals surface area contributed by atoms with Gasteiger partial charge < -0.3 is 5.73 Å². The third-order valence-corrected chi connectivity index (χ3v) is 4.25. The SMILES string of the molecule is CCN(Cc1cccc(C)n1)Cc1cccc(N)c1Br. The van der Waals surface area contributed by atoms with E-state index >= 15 is 0 Å². The van der Waals surface area contributed by atoms with Crippen LogP contribution in [0.25, 0.3) is 0 Å². The highest BCUT2D eigenvalue weighted by Crippen LogP contribution is 2.25. The van der Waals surface area contributed by atoms with Crippen molar-refractivity contribution in [2.24, 2.45) is 0 Å². The van der Waals surface area contributed by atoms with E-state index in [-0.39, 0.29) is 0 Å². The molecule has 0 bridgehead atoms. The zero-order valence-electron chi connectivity index (χ0n) is 11.9. The first-order chi connectivity index (χ1) is 9.60. The molecule has 0 aliphatic heterocycles. The smallest absolute Gasteiger partial charge is 0.0547 e. The number of aromatic nitrogens is 1. The molecule has 0 saturated heterocycles. The van der Waals surface area contributed by atoms with Gasteiger partial charge >= 0.3 is 0 Å². The molecule has 106 valence electrons. The van der Waals surface area contributed by atoms with Crippen molar-refractivity contribution >= 4 is 21.6 Å². The van der Waals surface area contributed by atoms with E-state index in [9.17, 15) is 0 Å². The first kappa shape index (κ1) is 15.0. The Kier molecular flexibility index (Phi) is 5.15. The lowest BCUT2D eigenvalue weighted by molar-refractivity contribution is 0.267. The van der Waals surface area contributed by atoms with Crippen molar-refractivity contribution in [3.05, 3.63) is 57.8 Å². The molecular formula is C16H20BrN3. The second kappa shape index (κ2) is 6.86. The highest BCUT2D eigenvalue weighted by atomic mass is 79.9. The standard InChI is InChI=1S/C16H20BrN3/c1-3-20(11-14-8-4-6-12(2)19-14)10-13-7-5-9-15(18)16(13)17/h4-9H,3,10-11,18H2,1-2H3. The molecule has 0 atom stereocenters. The van der Waals surface area contributed by atoms with Gasteiger partial charge in [-0.05, 0) is 53.2 Å². The number of hydrogen-bond acceptors (Lipinski definition) is 3. The topological polar surface area (TPSA) is 42.2 Å². The molecule has 0 saturated carbocycles. The Morgan fingerprint density at radius 1 is 1.15 bits per heavy atom. The third-order valence-electron chi connectivity index (χ3n) is 3.28. The van der Waals surface area contributed by atoms with Crippen molar-refractivity contribution in [1.29, 1.82) is 0 Å². The molecule has 2 N–H and O–H groups in total. The number of pyridine rings is 1. The Morgan fingerprint density at radius 2 is 1.90 bits per heavy atom. The minimum Gasteiger partial charge on any atom is -0.398 e. The number of halogens is 1. The molecule has 0 aliphatic rings. The van der Waals surface area contributed by atoms with Gasteiger partial charge in [0.1, 0.15) is 0 Å². The van der Waals surface area contributed by atoms with Gasteiger partial charge in [-0.3, -0.25) is 9.88 Å². The molecule has 20 heavy (non-hydrogen) atoms. The predicted octanol–water partition coefficient (Wildman–Crippen LogP) is 3.76. The maximum absolute atomic E-state index is 5.93. The summed E-state index contributed by atoms with van der Waals surface area (Å²) in [5.41, 5.74) is 10.1. The van der Waals surface area contributed by atoms with E-state index in [0.717, 1.165) is 41.2 Å². The zero-order valence-corrected chi connectivity index (χ0v) is 13.5. The number of anilines is 1. The van der Waals surface area contributed by atoms with Crippen molar-refractivity contribution < 1.29 is 0 Å². The zero-order chi connectivity index (χ0) is 14.5. The fraction of sp³-hybridized carbons (Fsp3) is 0.312. The Morgan fingerprint density at radius 3 is 2.60 bits per heavy atom. The van der Waals surface area contributed by atoms with Gasteiger partial charge in [-0.1, -0.05) is 25.1 Å². The van der Waals surface area contributed by atoms with Crippen LogP contribution in [0.4, 0.5) is 5.69 Å². The van der Waals surface area contributed by atoms with Gasteiger partial charge in [-0.25, -0.2) is 0 Å². The maximum Gasteiger partial charge on any atom is 0.0547 e. The van der Waals surface area contributed by atoms with E-state index in [2.05, 4.69) is 50.9 Å². The summed E-state index contributed by atoms with van der Waals surface area (Å²) in [6, 6.07) is 12.2. The second-order valence-corrected chi connectivity index (χ2v) is 5.69. The Bertz CT molecular complexity index is 584. The van der Waals surface area contributed by atoms with Crippen LogP contribution < -0.4 is 5.73 Å². The lowest BCUT2D eigenvalue weighted by Gasteiger charge is -2.21. The van der Waals surface area contributed by atoms with Gasteiger partial charge in [0, 0.05) is 28.9 Å². The van der Waals surface area contributed by atoms with Crippen molar-refractivity contribution in [3.8, 4) is 0 Å². The van der Waals surface area contributed by atoms with Gasteiger partial charge in [0.2, 0.25) is 0 Å². The molecule has 0 radical (unpaired) electrons. The lowest BCUT2D eigenvalue weighted by atomic mass is 10.2. The first-order valence-electron chi connectivity index (χ1n) is 6.78. The lowest BCUT2D eigenvalue weighted by Crippen LogP contribution is -2.23. The number of benzene rings is 1. The fourth-order valence-corrected chi connectivity index (χ4v) is 2.55. The molecule has 0 amide bonds. The van der Waals surface area contributed by atoms with Crippen LogP contribution in [-0.2, 0) is 13.1 Å². The van der Waals surface area contributed by atoms with Crippen LogP contribution in [0.3, 0.4) is 0 Å². The van der Waals surface area contributed by atoms with Crippen LogP contribution in [0.1, 0.15) is 23.9 Å². The molecule has 1 heterocycles. The van der Waals surface area contributed by atoms with E-state index in [1.54, 1.807) is 0 Å². The van der Waals surface area contributed by atoms with Crippen molar-refractivity contribution in [3.63, 3.8) is 0 Å². The predicted molar refractivity (Wildman–Crippen MR) is 87.3 cm³/mol. The molecule has 4 heteroatoms. The summed E-state index contributed by atoms with van der Waals surface area (Å²) in [7, 11) is 0. The van der Waals surface area contributed by atoms with Gasteiger partial charge in [0.25, 0.3) is 0 Å². The summed E-state index contributed by atoms with van der Waals surface area (Å²) in [5, 5.41) is 0. The monoisotopic (exact) mass is 333 g/mol. The van der Waals surface area contributed by atoms with Crippen molar-refractivity contribution in [2.75, 3.05) is 12.3 Å². The minimum atomic E-state index is 0.784. The van der Waals surface area contributed by atoms with Crippen molar-refractivity contribution in [2.45, 2.75) is 26.9 Å². The number of rotatable bonds is 5. The fourth-order valence-electron chi connectivity index (χ4n) is 2.16. The molecule has 1 aromatic carbocycles. The largest absolute Gasteiger partial charge is 0.398 e. The molecule has 2 aromatic rings. The van der Waals surface area contributed by atoms with Gasteiger partial charge in [-0.2, -0.15) is 0 Å². The summed E-state index contributed by atoms with van der Waals surface area (Å²) in [6.45, 7) is 6.86. The van der Waals surface area contributed by atoms with Crippen molar-refractivity contribution in [1.82, 2.24) is 9.88 Å². The van der Waals surface area contributed by atoms with Crippen LogP contribution in [0, 0.1) is 6.92 Å². The summed E-state index contributed by atoms with van der Waals surface area (Å²) in [4.78, 5) is 6.91. The van der Waals surface area contributed by atoms with E-state index < -0.39 is 0 Å². The summed E-state index contributed by atoms with van der Waals surface area (Å²) in [5.74, 6) is 0. The highest BCUT2D eigenvalue weighted by molar-refractivity contribution is 9.10. The van der Waals surface area contributed by atoms with Crippen LogP contribution in [0.5, 0.6) is 0 Å². The summed E-state index contributed by atoms with van der Waals surface area (Å²) < 4.78 is 0.996. The number of nitrogens with zero attached hydrogens (tertiary/aromatic N) is 2. The first-order valence-corrected chi connectivity index (χ1v) is 7.57. The molecule has 2 rings (SSSR count). The van der Waals surface area contributed by atoms with Gasteiger partial charge in [0.05, 0.1) is 5.69 Å². The quantitative estimate of drug-likeness (QED) is 0.847.